The van der Waals surface area contributed by atoms with Crippen LogP contribution in [0, 0.1) is 13.8 Å². The second-order valence-electron chi connectivity index (χ2n) is 6.86. The van der Waals surface area contributed by atoms with E-state index in [1.165, 1.54) is 16.7 Å². The van der Waals surface area contributed by atoms with Gasteiger partial charge in [-0.25, -0.2) is 0 Å². The number of H-pyrrole nitrogens is 1. The molecule has 0 saturated carbocycles. The van der Waals surface area contributed by atoms with Gasteiger partial charge in [0.2, 0.25) is 0 Å². The molecule has 5 heteroatoms. The topological polar surface area (TPSA) is 57.7 Å². The number of aryl methyl sites for hydroxylation is 2. The molecule has 1 unspecified atom stereocenters. The lowest BCUT2D eigenvalue weighted by Gasteiger charge is -2.32. The zero-order valence-corrected chi connectivity index (χ0v) is 16.3. The largest absolute Gasteiger partial charge is 0.332 e. The van der Waals surface area contributed by atoms with Crippen LogP contribution in [0.5, 0.6) is 0 Å². The first-order valence-electron chi connectivity index (χ1n) is 9.37. The van der Waals surface area contributed by atoms with E-state index in [1.807, 2.05) is 31.5 Å². The fourth-order valence-corrected chi connectivity index (χ4v) is 3.76. The summed E-state index contributed by atoms with van der Waals surface area (Å²) in [5.41, 5.74) is 7.72. The molecule has 1 N–H and O–H groups in total. The van der Waals surface area contributed by atoms with Crippen molar-refractivity contribution in [3.05, 3.63) is 90.3 Å². The molecule has 0 amide bonds. The van der Waals surface area contributed by atoms with Crippen LogP contribution in [0.15, 0.2) is 73.3 Å². The maximum absolute atomic E-state index is 4.40. The van der Waals surface area contributed by atoms with Crippen LogP contribution >= 0.6 is 0 Å². The molecule has 0 aliphatic carbocycles. The second-order valence-corrected chi connectivity index (χ2v) is 6.86. The number of nitrogens with one attached hydrogen (secondary N) is 1. The lowest BCUT2D eigenvalue weighted by Crippen LogP contribution is -2.22. The summed E-state index contributed by atoms with van der Waals surface area (Å²) in [6.45, 7) is 6.32. The molecule has 1 aromatic carbocycles. The summed E-state index contributed by atoms with van der Waals surface area (Å²) in [6.07, 6.45) is 7.37. The summed E-state index contributed by atoms with van der Waals surface area (Å²) < 4.78 is 0. The van der Waals surface area contributed by atoms with Gasteiger partial charge in [-0.15, -0.1) is 0 Å². The molecule has 0 aliphatic heterocycles. The molecule has 4 rings (SSSR count). The van der Waals surface area contributed by atoms with Gasteiger partial charge in [0.05, 0.1) is 35.5 Å². The van der Waals surface area contributed by atoms with Crippen molar-refractivity contribution >= 4 is 11.4 Å². The predicted molar refractivity (Wildman–Crippen MR) is 113 cm³/mol. The van der Waals surface area contributed by atoms with Gasteiger partial charge in [-0.1, -0.05) is 24.3 Å². The van der Waals surface area contributed by atoms with Crippen molar-refractivity contribution in [1.29, 1.82) is 0 Å². The Bertz CT molecular complexity index is 998. The fraction of sp³-hybridized carbons (Fsp3) is 0.174. The number of hydrogen-bond acceptors (Lipinski definition) is 4. The smallest absolute Gasteiger partial charge is 0.0672 e. The van der Waals surface area contributed by atoms with E-state index in [0.717, 1.165) is 22.8 Å². The Morgan fingerprint density at radius 2 is 1.50 bits per heavy atom. The molecule has 4 aromatic rings. The number of pyridine rings is 2. The number of hydrogen-bond donors (Lipinski definition) is 1. The van der Waals surface area contributed by atoms with Gasteiger partial charge in [0.1, 0.15) is 0 Å². The fourth-order valence-electron chi connectivity index (χ4n) is 3.76. The monoisotopic (exact) mass is 369 g/mol. The first-order valence-corrected chi connectivity index (χ1v) is 9.37. The Morgan fingerprint density at radius 1 is 0.857 bits per heavy atom. The molecule has 1 atom stereocenters. The van der Waals surface area contributed by atoms with Crippen molar-refractivity contribution in [3.63, 3.8) is 0 Å². The lowest BCUT2D eigenvalue weighted by molar-refractivity contribution is 0.772. The standard InChI is InChI=1S/C23H23N5/c1-16-23(17(2)27-26-16)22-11-5-4-10-21(22)18(3)28(19-8-6-12-24-14-19)20-9-7-13-25-15-20/h4-15,18H,1-3H3,(H,26,27). The van der Waals surface area contributed by atoms with E-state index >= 15 is 0 Å². The molecular formula is C23H23N5. The van der Waals surface area contributed by atoms with Crippen molar-refractivity contribution in [1.82, 2.24) is 20.2 Å². The van der Waals surface area contributed by atoms with Crippen molar-refractivity contribution < 1.29 is 0 Å². The zero-order chi connectivity index (χ0) is 19.5. The van der Waals surface area contributed by atoms with E-state index in [0.29, 0.717) is 0 Å². The van der Waals surface area contributed by atoms with Gasteiger partial charge in [0.25, 0.3) is 0 Å². The third-order valence-corrected chi connectivity index (χ3v) is 5.04. The summed E-state index contributed by atoms with van der Waals surface area (Å²) in [5.74, 6) is 0. The maximum Gasteiger partial charge on any atom is 0.0672 e. The Kier molecular flexibility index (Phi) is 4.89. The molecule has 140 valence electrons. The molecule has 5 nitrogen and oxygen atoms in total. The maximum atomic E-state index is 4.40. The third kappa shape index (κ3) is 3.27. The van der Waals surface area contributed by atoms with Crippen LogP contribution in [0.3, 0.4) is 0 Å². The highest BCUT2D eigenvalue weighted by Crippen LogP contribution is 2.39. The second kappa shape index (κ2) is 7.64. The lowest BCUT2D eigenvalue weighted by atomic mass is 9.93. The first-order chi connectivity index (χ1) is 13.7. The number of benzene rings is 1. The molecule has 0 aliphatic rings. The van der Waals surface area contributed by atoms with Crippen LogP contribution in [-0.2, 0) is 0 Å². The summed E-state index contributed by atoms with van der Waals surface area (Å²) in [6, 6.07) is 16.7. The Hall–Kier alpha value is -3.47. The quantitative estimate of drug-likeness (QED) is 0.513. The van der Waals surface area contributed by atoms with Crippen LogP contribution < -0.4 is 4.90 Å². The van der Waals surface area contributed by atoms with E-state index in [-0.39, 0.29) is 6.04 Å². The molecule has 0 radical (unpaired) electrons. The SMILES string of the molecule is Cc1n[nH]c(C)c1-c1ccccc1C(C)N(c1cccnc1)c1cccnc1. The molecule has 3 heterocycles. The highest BCUT2D eigenvalue weighted by molar-refractivity contribution is 5.74. The van der Waals surface area contributed by atoms with Crippen LogP contribution in [0.1, 0.15) is 29.9 Å². The number of anilines is 2. The Morgan fingerprint density at radius 3 is 2.04 bits per heavy atom. The van der Waals surface area contributed by atoms with Crippen LogP contribution in [-0.4, -0.2) is 20.2 Å². The molecule has 3 aromatic heterocycles. The van der Waals surface area contributed by atoms with E-state index < -0.39 is 0 Å². The van der Waals surface area contributed by atoms with Crippen molar-refractivity contribution in [2.45, 2.75) is 26.8 Å². The van der Waals surface area contributed by atoms with Crippen molar-refractivity contribution in [2.75, 3.05) is 4.90 Å². The Labute approximate surface area is 165 Å². The van der Waals surface area contributed by atoms with E-state index in [2.05, 4.69) is 75.3 Å². The van der Waals surface area contributed by atoms with Gasteiger partial charge in [-0.3, -0.25) is 15.1 Å². The summed E-state index contributed by atoms with van der Waals surface area (Å²) >= 11 is 0. The molecule has 28 heavy (non-hydrogen) atoms. The first kappa shape index (κ1) is 17.9. The van der Waals surface area contributed by atoms with Crippen LogP contribution in [0.25, 0.3) is 11.1 Å². The Balaban J connectivity index is 1.86. The van der Waals surface area contributed by atoms with Gasteiger partial charge in [0, 0.05) is 23.7 Å². The van der Waals surface area contributed by atoms with Crippen molar-refractivity contribution in [2.24, 2.45) is 0 Å². The van der Waals surface area contributed by atoms with Gasteiger partial charge in [0.15, 0.2) is 0 Å². The average molecular weight is 369 g/mol. The van der Waals surface area contributed by atoms with Crippen LogP contribution in [0.2, 0.25) is 0 Å². The molecule has 0 saturated heterocycles. The molecule has 0 bridgehead atoms. The third-order valence-electron chi connectivity index (χ3n) is 5.04. The van der Waals surface area contributed by atoms with Gasteiger partial charge >= 0.3 is 0 Å². The zero-order valence-electron chi connectivity index (χ0n) is 16.3. The normalized spacial score (nSPS) is 12.0. The van der Waals surface area contributed by atoms with Crippen molar-refractivity contribution in [3.8, 4) is 11.1 Å². The number of rotatable bonds is 5. The summed E-state index contributed by atoms with van der Waals surface area (Å²) in [5, 5.41) is 7.51. The summed E-state index contributed by atoms with van der Waals surface area (Å²) in [7, 11) is 0. The minimum atomic E-state index is 0.0679. The van der Waals surface area contributed by atoms with Crippen LogP contribution in [0.4, 0.5) is 11.4 Å². The van der Waals surface area contributed by atoms with Gasteiger partial charge in [-0.05, 0) is 56.2 Å². The molecular weight excluding hydrogens is 346 g/mol. The van der Waals surface area contributed by atoms with E-state index in [1.54, 1.807) is 12.4 Å². The predicted octanol–water partition coefficient (Wildman–Crippen LogP) is 5.38. The number of aromatic nitrogens is 4. The minimum absolute atomic E-state index is 0.0679. The molecule has 0 spiro atoms. The minimum Gasteiger partial charge on any atom is -0.332 e. The number of aromatic amines is 1. The highest BCUT2D eigenvalue weighted by atomic mass is 15.2. The molecule has 0 fully saturated rings. The van der Waals surface area contributed by atoms with E-state index in [9.17, 15) is 0 Å². The van der Waals surface area contributed by atoms with Gasteiger partial charge < -0.3 is 4.90 Å². The summed E-state index contributed by atoms with van der Waals surface area (Å²) in [4.78, 5) is 10.9. The van der Waals surface area contributed by atoms with E-state index in [4.69, 9.17) is 0 Å². The van der Waals surface area contributed by atoms with Gasteiger partial charge in [-0.2, -0.15) is 5.10 Å². The highest BCUT2D eigenvalue weighted by Gasteiger charge is 2.23. The average Bonchev–Trinajstić information content (AvgIpc) is 3.08. The number of nitrogens with zero attached hydrogens (tertiary/aromatic N) is 4.